The Kier molecular flexibility index (Phi) is 3.78. The minimum Gasteiger partial charge on any atom is -0.289 e. The summed E-state index contributed by atoms with van der Waals surface area (Å²) in [5, 5.41) is 0. The van der Waals surface area contributed by atoms with Crippen molar-refractivity contribution in [3.05, 3.63) is 89.8 Å². The van der Waals surface area contributed by atoms with Crippen LogP contribution in [0, 0.1) is 0 Å². The minimum atomic E-state index is -0.0641. The molecule has 0 unspecified atom stereocenters. The van der Waals surface area contributed by atoms with Crippen molar-refractivity contribution in [3.8, 4) is 0 Å². The van der Waals surface area contributed by atoms with Crippen molar-refractivity contribution in [2.75, 3.05) is 0 Å². The molecule has 0 atom stereocenters. The average Bonchev–Trinajstić information content (AvgIpc) is 2.62. The third-order valence-electron chi connectivity index (χ3n) is 3.23. The molecule has 2 aromatic carbocycles. The number of fused-ring (bicyclic) bond motifs is 2. The predicted octanol–water partition coefficient (Wildman–Crippen LogP) is 2.33. The quantitative estimate of drug-likeness (QED) is 0.497. The lowest BCUT2D eigenvalue weighted by molar-refractivity contribution is 0.0979. The van der Waals surface area contributed by atoms with E-state index in [2.05, 4.69) is 15.0 Å². The van der Waals surface area contributed by atoms with Crippen LogP contribution in [0.5, 0.6) is 0 Å². The number of rotatable bonds is 0. The van der Waals surface area contributed by atoms with Gasteiger partial charge in [-0.05, 0) is 0 Å². The number of carbonyl (C=O) groups excluding carboxylic acids is 2. The second-order valence-corrected chi connectivity index (χ2v) is 4.54. The molecule has 22 heavy (non-hydrogen) atoms. The molecule has 4 rings (SSSR count). The third-order valence-corrected chi connectivity index (χ3v) is 3.23. The normalized spacial score (nSPS) is 11.8. The lowest BCUT2D eigenvalue weighted by Crippen LogP contribution is -2.20. The zero-order chi connectivity index (χ0) is 15.4. The number of hydrogen-bond acceptors (Lipinski definition) is 5. The fraction of sp³-hybridized carbons (Fsp3) is 0. The zero-order valence-electron chi connectivity index (χ0n) is 11.5. The summed E-state index contributed by atoms with van der Waals surface area (Å²) in [4.78, 5) is 34.9. The smallest absolute Gasteiger partial charge is 0.194 e. The van der Waals surface area contributed by atoms with Crippen LogP contribution < -0.4 is 0 Å². The summed E-state index contributed by atoms with van der Waals surface area (Å²) in [5.74, 6) is -0.128. The highest BCUT2D eigenvalue weighted by Crippen LogP contribution is 2.26. The molecular weight excluding hydrogens is 278 g/mol. The molecule has 0 saturated carbocycles. The van der Waals surface area contributed by atoms with E-state index in [0.717, 1.165) is 0 Å². The average molecular weight is 289 g/mol. The first kappa shape index (κ1) is 13.8. The lowest BCUT2D eigenvalue weighted by atomic mass is 9.84. The van der Waals surface area contributed by atoms with Gasteiger partial charge in [0.05, 0.1) is 0 Å². The maximum absolute atomic E-state index is 12.1. The molecule has 106 valence electrons. The topological polar surface area (TPSA) is 72.8 Å². The highest BCUT2D eigenvalue weighted by atomic mass is 16.1. The number of hydrogen-bond donors (Lipinski definition) is 0. The Labute approximate surface area is 126 Å². The molecule has 1 aromatic heterocycles. The van der Waals surface area contributed by atoms with E-state index in [1.807, 2.05) is 0 Å². The molecule has 0 amide bonds. The minimum absolute atomic E-state index is 0.0641. The van der Waals surface area contributed by atoms with Gasteiger partial charge in [0.15, 0.2) is 11.6 Å². The van der Waals surface area contributed by atoms with Gasteiger partial charge in [-0.15, -0.1) is 0 Å². The Morgan fingerprint density at radius 3 is 1.00 bits per heavy atom. The molecule has 0 radical (unpaired) electrons. The van der Waals surface area contributed by atoms with Crippen LogP contribution >= 0.6 is 0 Å². The van der Waals surface area contributed by atoms with Gasteiger partial charge in [-0.2, -0.15) is 0 Å². The van der Waals surface area contributed by atoms with Crippen molar-refractivity contribution in [2.24, 2.45) is 0 Å². The molecular formula is C17H11N3O2. The van der Waals surface area contributed by atoms with E-state index in [0.29, 0.717) is 22.3 Å². The van der Waals surface area contributed by atoms with Gasteiger partial charge < -0.3 is 0 Å². The van der Waals surface area contributed by atoms with Gasteiger partial charge in [0.25, 0.3) is 0 Å². The van der Waals surface area contributed by atoms with Crippen LogP contribution in [-0.2, 0) is 0 Å². The summed E-state index contributed by atoms with van der Waals surface area (Å²) in [6.07, 6.45) is 4.31. The van der Waals surface area contributed by atoms with E-state index in [1.54, 1.807) is 48.5 Å². The number of nitrogens with zero attached hydrogens (tertiary/aromatic N) is 3. The predicted molar refractivity (Wildman–Crippen MR) is 79.6 cm³/mol. The Balaban J connectivity index is 0.000000202. The lowest BCUT2D eigenvalue weighted by Gasteiger charge is -2.16. The van der Waals surface area contributed by atoms with Gasteiger partial charge in [0, 0.05) is 22.3 Å². The molecule has 1 aliphatic rings. The Hall–Kier alpha value is -3.21. The highest BCUT2D eigenvalue weighted by Gasteiger charge is 2.28. The Bertz CT molecular complexity index is 700. The molecule has 0 spiro atoms. The first-order chi connectivity index (χ1) is 10.8. The van der Waals surface area contributed by atoms with E-state index >= 15 is 0 Å². The van der Waals surface area contributed by atoms with Crippen molar-refractivity contribution in [2.45, 2.75) is 0 Å². The second-order valence-electron chi connectivity index (χ2n) is 4.54. The SMILES string of the molecule is O=C1c2ccccc2C(=O)c2ccccc21.c1ncncn1. The van der Waals surface area contributed by atoms with Crippen LogP contribution in [0.15, 0.2) is 67.5 Å². The number of carbonyl (C=O) groups is 2. The van der Waals surface area contributed by atoms with Gasteiger partial charge in [-0.25, -0.2) is 15.0 Å². The summed E-state index contributed by atoms with van der Waals surface area (Å²) >= 11 is 0. The molecule has 5 heteroatoms. The van der Waals surface area contributed by atoms with Crippen LogP contribution in [0.25, 0.3) is 0 Å². The van der Waals surface area contributed by atoms with Crippen LogP contribution in [0.4, 0.5) is 0 Å². The summed E-state index contributed by atoms with van der Waals surface area (Å²) in [6.45, 7) is 0. The number of benzene rings is 2. The fourth-order valence-corrected chi connectivity index (χ4v) is 2.25. The van der Waals surface area contributed by atoms with Crippen molar-refractivity contribution in [1.82, 2.24) is 15.0 Å². The monoisotopic (exact) mass is 289 g/mol. The third kappa shape index (κ3) is 2.52. The summed E-state index contributed by atoms with van der Waals surface area (Å²) in [7, 11) is 0. The highest BCUT2D eigenvalue weighted by molar-refractivity contribution is 6.28. The van der Waals surface area contributed by atoms with Gasteiger partial charge in [0.1, 0.15) is 19.0 Å². The van der Waals surface area contributed by atoms with Crippen LogP contribution in [0.2, 0.25) is 0 Å². The molecule has 1 aliphatic carbocycles. The maximum Gasteiger partial charge on any atom is 0.194 e. The van der Waals surface area contributed by atoms with Gasteiger partial charge in [0.2, 0.25) is 0 Å². The van der Waals surface area contributed by atoms with Crippen molar-refractivity contribution in [3.63, 3.8) is 0 Å². The summed E-state index contributed by atoms with van der Waals surface area (Å²) in [6, 6.07) is 13.9. The Morgan fingerprint density at radius 1 is 0.500 bits per heavy atom. The first-order valence-electron chi connectivity index (χ1n) is 6.61. The summed E-state index contributed by atoms with van der Waals surface area (Å²) in [5.41, 5.74) is 2.02. The molecule has 3 aromatic rings. The molecule has 1 heterocycles. The van der Waals surface area contributed by atoms with Crippen molar-refractivity contribution < 1.29 is 9.59 Å². The zero-order valence-corrected chi connectivity index (χ0v) is 11.5. The first-order valence-corrected chi connectivity index (χ1v) is 6.61. The molecule has 0 fully saturated rings. The van der Waals surface area contributed by atoms with Gasteiger partial charge in [-0.3, -0.25) is 9.59 Å². The van der Waals surface area contributed by atoms with E-state index in [1.165, 1.54) is 19.0 Å². The van der Waals surface area contributed by atoms with Crippen molar-refractivity contribution >= 4 is 11.6 Å². The summed E-state index contributed by atoms with van der Waals surface area (Å²) < 4.78 is 0. The molecule has 0 bridgehead atoms. The Morgan fingerprint density at radius 2 is 0.773 bits per heavy atom. The fourth-order valence-electron chi connectivity index (χ4n) is 2.25. The van der Waals surface area contributed by atoms with Crippen LogP contribution in [-0.4, -0.2) is 26.5 Å². The second kappa shape index (κ2) is 6.05. The largest absolute Gasteiger partial charge is 0.289 e. The van der Waals surface area contributed by atoms with E-state index < -0.39 is 0 Å². The number of aromatic nitrogens is 3. The van der Waals surface area contributed by atoms with Crippen LogP contribution in [0.1, 0.15) is 31.8 Å². The number of ketones is 2. The van der Waals surface area contributed by atoms with Crippen LogP contribution in [0.3, 0.4) is 0 Å². The van der Waals surface area contributed by atoms with Crippen molar-refractivity contribution in [1.29, 1.82) is 0 Å². The van der Waals surface area contributed by atoms with E-state index in [9.17, 15) is 9.59 Å². The molecule has 0 aliphatic heterocycles. The molecule has 0 N–H and O–H groups in total. The molecule has 0 saturated heterocycles. The van der Waals surface area contributed by atoms with E-state index in [4.69, 9.17) is 0 Å². The maximum atomic E-state index is 12.1. The molecule has 5 nitrogen and oxygen atoms in total. The van der Waals surface area contributed by atoms with Gasteiger partial charge in [-0.1, -0.05) is 48.5 Å². The standard InChI is InChI=1S/C14H8O2.C3H3N3/c15-13-9-5-1-2-6-10(9)14(16)12-8-4-3-7-11(12)13;1-4-2-6-3-5-1/h1-8H;1-3H. The van der Waals surface area contributed by atoms with Gasteiger partial charge >= 0.3 is 0 Å². The van der Waals surface area contributed by atoms with E-state index in [-0.39, 0.29) is 11.6 Å².